The van der Waals surface area contributed by atoms with Gasteiger partial charge in [0.05, 0.1) is 46.8 Å². The van der Waals surface area contributed by atoms with Crippen LogP contribution in [0.1, 0.15) is 395 Å². The van der Waals surface area contributed by atoms with E-state index in [1.165, 1.54) is 180 Å². The number of hydrogen-bond donors (Lipinski definition) is 2. The van der Waals surface area contributed by atoms with Crippen LogP contribution in [0.15, 0.2) is 0 Å². The predicted octanol–water partition coefficient (Wildman–Crippen LogP) is 24.9. The van der Waals surface area contributed by atoms with Gasteiger partial charge in [0.25, 0.3) is 0 Å². The average Bonchev–Trinajstić information content (AvgIpc) is 2.07. The van der Waals surface area contributed by atoms with Crippen molar-refractivity contribution in [3.05, 3.63) is 0 Å². The minimum absolute atomic E-state index is 0.0988. The second kappa shape index (κ2) is 43.6. The molecule has 2 aliphatic rings. The maximum absolute atomic E-state index is 12.4. The Hall–Kier alpha value is -0.200. The zero-order valence-electron chi connectivity index (χ0n) is 61.6. The van der Waals surface area contributed by atoms with E-state index in [0.29, 0.717) is 23.7 Å². The summed E-state index contributed by atoms with van der Waals surface area (Å²) in [4.78, 5) is 0. The van der Waals surface area contributed by atoms with Crippen molar-refractivity contribution in [3.63, 3.8) is 0 Å². The van der Waals surface area contributed by atoms with Crippen LogP contribution in [0.5, 0.6) is 0 Å². The Morgan fingerprint density at radius 3 is 0.941 bits per heavy atom. The lowest BCUT2D eigenvalue weighted by Gasteiger charge is -2.52. The molecule has 0 saturated carbocycles. The molecule has 0 aromatic heterocycles. The Bertz CT molecular complexity index is 1590. The van der Waals surface area contributed by atoms with Crippen LogP contribution in [0, 0.1) is 71.0 Å². The first kappa shape index (κ1) is 80.9. The average molecular weight is 1200 g/mol. The molecule has 5 nitrogen and oxygen atoms in total. The summed E-state index contributed by atoms with van der Waals surface area (Å²) in [5.41, 5.74) is -2.58. The zero-order valence-corrected chi connectivity index (χ0v) is 61.6. The molecule has 2 heterocycles. The van der Waals surface area contributed by atoms with Gasteiger partial charge in [0.1, 0.15) is 0 Å². The molecule has 0 spiro atoms. The number of aliphatic hydroxyl groups is 2. The molecule has 508 valence electrons. The van der Waals surface area contributed by atoms with Crippen LogP contribution in [0.3, 0.4) is 0 Å². The minimum Gasteiger partial charge on any atom is -0.390 e. The predicted molar refractivity (Wildman–Crippen MR) is 374 cm³/mol. The largest absolute Gasteiger partial charge is 0.390 e. The van der Waals surface area contributed by atoms with Gasteiger partial charge in [0.2, 0.25) is 0 Å². The fourth-order valence-corrected chi connectivity index (χ4v) is 15.7. The first-order chi connectivity index (χ1) is 40.0. The Kier molecular flexibility index (Phi) is 41.5. The molecule has 2 rings (SSSR count). The molecule has 5 heteroatoms. The van der Waals surface area contributed by atoms with Crippen LogP contribution in [0.2, 0.25) is 0 Å². The second-order valence-electron chi connectivity index (χ2n) is 34.2. The molecule has 0 bridgehead atoms. The molecule has 0 radical (unpaired) electrons. The van der Waals surface area contributed by atoms with E-state index in [2.05, 4.69) is 138 Å². The van der Waals surface area contributed by atoms with Gasteiger partial charge in [-0.05, 0) is 150 Å². The molecule has 2 fully saturated rings. The molecule has 2 N–H and O–H groups in total. The van der Waals surface area contributed by atoms with E-state index in [1.807, 2.05) is 0 Å². The maximum Gasteiger partial charge on any atom is 0.0924 e. The van der Waals surface area contributed by atoms with Crippen molar-refractivity contribution >= 4 is 0 Å². The Morgan fingerprint density at radius 1 is 0.353 bits per heavy atom. The monoisotopic (exact) mass is 1200 g/mol. The summed E-state index contributed by atoms with van der Waals surface area (Å²) in [6, 6.07) is 0. The van der Waals surface area contributed by atoms with Gasteiger partial charge in [-0.15, -0.1) is 0 Å². The van der Waals surface area contributed by atoms with Crippen LogP contribution < -0.4 is 0 Å². The van der Waals surface area contributed by atoms with E-state index in [9.17, 15) is 10.2 Å². The van der Waals surface area contributed by atoms with Crippen molar-refractivity contribution in [2.45, 2.75) is 442 Å². The normalized spacial score (nSPS) is 24.8. The zero-order chi connectivity index (χ0) is 63.6. The summed E-state index contributed by atoms with van der Waals surface area (Å²) in [5.74, 6) is 9.22. The Labute approximate surface area is 534 Å². The summed E-state index contributed by atoms with van der Waals surface area (Å²) < 4.78 is 22.9. The van der Waals surface area contributed by atoms with Crippen LogP contribution in [-0.4, -0.2) is 57.0 Å². The molecule has 0 aliphatic carbocycles. The topological polar surface area (TPSA) is 68.2 Å². The molecular formula is C80H158O5. The third-order valence-electron chi connectivity index (χ3n) is 22.3. The van der Waals surface area contributed by atoms with Crippen LogP contribution >= 0.6 is 0 Å². The molecule has 0 amide bonds. The Morgan fingerprint density at radius 2 is 0.612 bits per heavy atom. The van der Waals surface area contributed by atoms with Crippen LogP contribution in [0.4, 0.5) is 0 Å². The van der Waals surface area contributed by atoms with Crippen molar-refractivity contribution in [2.24, 2.45) is 71.0 Å². The molecule has 16 atom stereocenters. The summed E-state index contributed by atoms with van der Waals surface area (Å²) in [6.07, 6.45) is 47.3. The number of ether oxygens (including phenoxy) is 3. The summed E-state index contributed by atoms with van der Waals surface area (Å²) in [5, 5.41) is 24.3. The van der Waals surface area contributed by atoms with Crippen molar-refractivity contribution in [3.8, 4) is 0 Å². The first-order valence-corrected chi connectivity index (χ1v) is 38.4. The highest BCUT2D eigenvalue weighted by Gasteiger charge is 2.53. The quantitative estimate of drug-likeness (QED) is 0.0635. The smallest absolute Gasteiger partial charge is 0.0924 e. The standard InChI is InChI=1S/C80H158O5/c1-61(2)33-21-37-65(9)41-25-45-69(13)49-29-57-77(17,82)74-55-56-75(83-74)79(19,59-31-51-71(15)47-27-43-67(11)39-23-35-63(5)6)85-80(20,60-32-52-72(16)48-28-44-68(12)40-24-36-64(7)8)76-54-53-73(81)78(18,84-76)58-30-50-70(14)46-26-42-66(10)38-22-34-62(3)4/h61-76,81-82H,21-60H2,1-20H3/t65-,66-,67-,68-,69-,70-,71-,72-,73-,74-,75-,76+,77+,78+,79+,80+/m1/s1. The lowest BCUT2D eigenvalue weighted by Crippen LogP contribution is -2.60. The van der Waals surface area contributed by atoms with Gasteiger partial charge in [0.15, 0.2) is 0 Å². The van der Waals surface area contributed by atoms with Gasteiger partial charge >= 0.3 is 0 Å². The molecule has 0 unspecified atom stereocenters. The summed E-state index contributed by atoms with van der Waals surface area (Å²) >= 11 is 0. The van der Waals surface area contributed by atoms with Crippen molar-refractivity contribution in [2.75, 3.05) is 0 Å². The third-order valence-corrected chi connectivity index (χ3v) is 22.3. The molecule has 0 aromatic carbocycles. The van der Waals surface area contributed by atoms with E-state index in [-0.39, 0.29) is 18.3 Å². The minimum atomic E-state index is -0.875. The van der Waals surface area contributed by atoms with Crippen LogP contribution in [0.25, 0.3) is 0 Å². The Balaban J connectivity index is 2.35. The fraction of sp³-hybridized carbons (Fsp3) is 1.00. The van der Waals surface area contributed by atoms with Gasteiger partial charge in [-0.3, -0.25) is 0 Å². The van der Waals surface area contributed by atoms with Crippen LogP contribution in [-0.2, 0) is 14.2 Å². The number of rotatable bonds is 53. The summed E-state index contributed by atoms with van der Waals surface area (Å²) in [7, 11) is 0. The SMILES string of the molecule is CC(C)CCC[C@@H](C)CCC[C@@H](C)CCC[C@](C)(O)[C@H]1CC[C@H]([C@](C)(CCC[C@H](C)CCC[C@H](C)CCCC(C)C)O[C@@](C)(CCC[C@H](C)CCC[C@H](C)CCCC(C)C)[C@@H]2CC[C@@H](O)[C@](C)(CCC[C@H](C)CCC[C@H](C)CCCC(C)C)O2)O1. The molecule has 85 heavy (non-hydrogen) atoms. The van der Waals surface area contributed by atoms with Gasteiger partial charge in [0, 0.05) is 0 Å². The second-order valence-corrected chi connectivity index (χ2v) is 34.2. The van der Waals surface area contributed by atoms with E-state index >= 15 is 0 Å². The number of hydrogen-bond acceptors (Lipinski definition) is 5. The maximum atomic E-state index is 12.4. The number of aliphatic hydroxyl groups excluding tert-OH is 1. The van der Waals surface area contributed by atoms with Gasteiger partial charge in [-0.2, -0.15) is 0 Å². The molecule has 2 saturated heterocycles. The fourth-order valence-electron chi connectivity index (χ4n) is 15.7. The van der Waals surface area contributed by atoms with Crippen molar-refractivity contribution in [1.82, 2.24) is 0 Å². The first-order valence-electron chi connectivity index (χ1n) is 38.4. The van der Waals surface area contributed by atoms with E-state index in [0.717, 1.165) is 124 Å². The van der Waals surface area contributed by atoms with E-state index in [4.69, 9.17) is 14.2 Å². The summed E-state index contributed by atoms with van der Waals surface area (Å²) in [6.45, 7) is 47.7. The molecular weight excluding hydrogens is 1040 g/mol. The lowest BCUT2D eigenvalue weighted by molar-refractivity contribution is -0.283. The third kappa shape index (κ3) is 36.0. The highest BCUT2D eigenvalue weighted by atomic mass is 16.6. The highest BCUT2D eigenvalue weighted by Crippen LogP contribution is 2.47. The lowest BCUT2D eigenvalue weighted by atomic mass is 9.78. The van der Waals surface area contributed by atoms with E-state index < -0.39 is 28.5 Å². The molecule has 0 aromatic rings. The van der Waals surface area contributed by atoms with E-state index in [1.54, 1.807) is 0 Å². The molecule has 2 aliphatic heterocycles. The van der Waals surface area contributed by atoms with Gasteiger partial charge < -0.3 is 24.4 Å². The van der Waals surface area contributed by atoms with Crippen molar-refractivity contribution in [1.29, 1.82) is 0 Å². The highest BCUT2D eigenvalue weighted by molar-refractivity contribution is 5.02. The van der Waals surface area contributed by atoms with Crippen molar-refractivity contribution < 1.29 is 24.4 Å². The van der Waals surface area contributed by atoms with Gasteiger partial charge in [-0.25, -0.2) is 0 Å². The van der Waals surface area contributed by atoms with Gasteiger partial charge in [-0.1, -0.05) is 316 Å².